The van der Waals surface area contributed by atoms with Crippen molar-refractivity contribution in [2.75, 3.05) is 25.1 Å². The number of carbonyl (C=O) groups is 1. The van der Waals surface area contributed by atoms with Crippen LogP contribution in [0, 0.1) is 5.41 Å². The zero-order chi connectivity index (χ0) is 18.5. The molecule has 1 fully saturated rings. The molecule has 140 valence electrons. The zero-order valence-corrected chi connectivity index (χ0v) is 15.6. The summed E-state index contributed by atoms with van der Waals surface area (Å²) < 4.78 is 32.7. The number of benzene rings is 1. The van der Waals surface area contributed by atoms with Crippen LogP contribution < -0.4 is 15.8 Å². The molecule has 1 aromatic carbocycles. The van der Waals surface area contributed by atoms with Gasteiger partial charge in [-0.3, -0.25) is 4.79 Å². The van der Waals surface area contributed by atoms with Gasteiger partial charge in [-0.1, -0.05) is 13.0 Å². The Morgan fingerprint density at radius 2 is 2.04 bits per heavy atom. The SMILES string of the molecule is CCC(C)NS(=O)(=O)c1cccc(NC(=O)C2(CN)CCOCC2)c1. The van der Waals surface area contributed by atoms with Gasteiger partial charge >= 0.3 is 0 Å². The normalized spacial score (nSPS) is 18.5. The Morgan fingerprint density at radius 3 is 2.64 bits per heavy atom. The predicted octanol–water partition coefficient (Wildman–Crippen LogP) is 1.46. The van der Waals surface area contributed by atoms with E-state index in [-0.39, 0.29) is 23.4 Å². The van der Waals surface area contributed by atoms with Crippen LogP contribution in [-0.4, -0.2) is 40.1 Å². The van der Waals surface area contributed by atoms with Gasteiger partial charge in [-0.15, -0.1) is 0 Å². The third-order valence-electron chi connectivity index (χ3n) is 4.69. The van der Waals surface area contributed by atoms with Crippen molar-refractivity contribution in [3.8, 4) is 0 Å². The fourth-order valence-corrected chi connectivity index (χ4v) is 4.08. The molecule has 1 aliphatic heterocycles. The summed E-state index contributed by atoms with van der Waals surface area (Å²) in [6.45, 7) is 4.94. The number of hydrogen-bond acceptors (Lipinski definition) is 5. The molecule has 0 spiro atoms. The second-order valence-electron chi connectivity index (χ2n) is 6.51. The molecule has 0 radical (unpaired) electrons. The maximum atomic E-state index is 12.7. The number of ether oxygens (including phenoxy) is 1. The monoisotopic (exact) mass is 369 g/mol. The van der Waals surface area contributed by atoms with Crippen LogP contribution >= 0.6 is 0 Å². The van der Waals surface area contributed by atoms with E-state index >= 15 is 0 Å². The van der Waals surface area contributed by atoms with E-state index in [0.29, 0.717) is 38.2 Å². The maximum absolute atomic E-state index is 12.7. The van der Waals surface area contributed by atoms with Gasteiger partial charge in [0.15, 0.2) is 0 Å². The standard InChI is InChI=1S/C17H27N3O4S/c1-3-13(2)20-25(22,23)15-6-4-5-14(11-15)19-16(21)17(12-18)7-9-24-10-8-17/h4-6,11,13,20H,3,7-10,12,18H2,1-2H3,(H,19,21). The highest BCUT2D eigenvalue weighted by atomic mass is 32.2. The Balaban J connectivity index is 2.17. The number of nitrogens with one attached hydrogen (secondary N) is 2. The summed E-state index contributed by atoms with van der Waals surface area (Å²) in [4.78, 5) is 12.8. The third kappa shape index (κ3) is 4.78. The largest absolute Gasteiger partial charge is 0.381 e. The van der Waals surface area contributed by atoms with Crippen molar-refractivity contribution in [3.05, 3.63) is 24.3 Å². The van der Waals surface area contributed by atoms with Crippen LogP contribution in [0.15, 0.2) is 29.2 Å². The third-order valence-corrected chi connectivity index (χ3v) is 6.28. The summed E-state index contributed by atoms with van der Waals surface area (Å²) in [7, 11) is -3.62. The molecular weight excluding hydrogens is 342 g/mol. The smallest absolute Gasteiger partial charge is 0.240 e. The second kappa shape index (κ2) is 8.27. The minimum atomic E-state index is -3.62. The van der Waals surface area contributed by atoms with E-state index < -0.39 is 15.4 Å². The van der Waals surface area contributed by atoms with Gasteiger partial charge in [0.2, 0.25) is 15.9 Å². The van der Waals surface area contributed by atoms with Gasteiger partial charge in [0.1, 0.15) is 0 Å². The summed E-state index contributed by atoms with van der Waals surface area (Å²) in [6.07, 6.45) is 1.81. The highest BCUT2D eigenvalue weighted by molar-refractivity contribution is 7.89. The first-order valence-electron chi connectivity index (χ1n) is 8.54. The average Bonchev–Trinajstić information content (AvgIpc) is 2.62. The van der Waals surface area contributed by atoms with E-state index in [1.165, 1.54) is 12.1 Å². The Bertz CT molecular complexity index is 700. The summed E-state index contributed by atoms with van der Waals surface area (Å²) in [6, 6.07) is 6.09. The van der Waals surface area contributed by atoms with Gasteiger partial charge in [-0.05, 0) is 44.4 Å². The zero-order valence-electron chi connectivity index (χ0n) is 14.7. The summed E-state index contributed by atoms with van der Waals surface area (Å²) >= 11 is 0. The molecule has 1 aromatic rings. The highest BCUT2D eigenvalue weighted by Gasteiger charge is 2.38. The molecule has 4 N–H and O–H groups in total. The van der Waals surface area contributed by atoms with Crippen molar-refractivity contribution in [2.24, 2.45) is 11.1 Å². The van der Waals surface area contributed by atoms with Gasteiger partial charge in [-0.2, -0.15) is 0 Å². The number of nitrogens with two attached hydrogens (primary N) is 1. The van der Waals surface area contributed by atoms with E-state index in [1.54, 1.807) is 19.1 Å². The van der Waals surface area contributed by atoms with E-state index in [2.05, 4.69) is 10.0 Å². The summed E-state index contributed by atoms with van der Waals surface area (Å²) in [5.74, 6) is -0.192. The predicted molar refractivity (Wildman–Crippen MR) is 96.7 cm³/mol. The van der Waals surface area contributed by atoms with Gasteiger partial charge in [0.25, 0.3) is 0 Å². The van der Waals surface area contributed by atoms with Gasteiger partial charge in [0.05, 0.1) is 10.3 Å². The summed E-state index contributed by atoms with van der Waals surface area (Å²) in [5.41, 5.74) is 5.62. The van der Waals surface area contributed by atoms with Crippen LogP contribution in [0.4, 0.5) is 5.69 Å². The Hall–Kier alpha value is -1.48. The first kappa shape index (κ1) is 19.8. The number of sulfonamides is 1. The van der Waals surface area contributed by atoms with Gasteiger partial charge < -0.3 is 15.8 Å². The molecule has 1 saturated heterocycles. The molecule has 2 rings (SSSR count). The molecule has 0 aromatic heterocycles. The van der Waals surface area contributed by atoms with E-state index in [9.17, 15) is 13.2 Å². The quantitative estimate of drug-likeness (QED) is 0.674. The fraction of sp³-hybridized carbons (Fsp3) is 0.588. The van der Waals surface area contributed by atoms with Gasteiger partial charge in [0, 0.05) is 31.5 Å². The molecular formula is C17H27N3O4S. The van der Waals surface area contributed by atoms with Crippen LogP contribution in [-0.2, 0) is 19.6 Å². The van der Waals surface area contributed by atoms with Crippen LogP contribution in [0.3, 0.4) is 0 Å². The maximum Gasteiger partial charge on any atom is 0.240 e. The topological polar surface area (TPSA) is 111 Å². The Labute approximate surface area is 149 Å². The number of rotatable bonds is 7. The van der Waals surface area contributed by atoms with Crippen molar-refractivity contribution in [1.29, 1.82) is 0 Å². The number of hydrogen-bond donors (Lipinski definition) is 3. The van der Waals surface area contributed by atoms with Crippen LogP contribution in [0.1, 0.15) is 33.1 Å². The van der Waals surface area contributed by atoms with E-state index in [4.69, 9.17) is 10.5 Å². The molecule has 1 heterocycles. The molecule has 7 nitrogen and oxygen atoms in total. The van der Waals surface area contributed by atoms with Crippen molar-refractivity contribution in [2.45, 2.75) is 44.0 Å². The summed E-state index contributed by atoms with van der Waals surface area (Å²) in [5, 5.41) is 2.82. The number of anilines is 1. The minimum Gasteiger partial charge on any atom is -0.381 e. The molecule has 0 saturated carbocycles. The lowest BCUT2D eigenvalue weighted by molar-refractivity contribution is -0.130. The minimum absolute atomic E-state index is 0.124. The lowest BCUT2D eigenvalue weighted by Crippen LogP contribution is -2.46. The molecule has 0 aliphatic carbocycles. The Morgan fingerprint density at radius 1 is 1.36 bits per heavy atom. The van der Waals surface area contributed by atoms with Crippen LogP contribution in [0.5, 0.6) is 0 Å². The highest BCUT2D eigenvalue weighted by Crippen LogP contribution is 2.31. The van der Waals surface area contributed by atoms with Crippen molar-refractivity contribution in [1.82, 2.24) is 4.72 Å². The lowest BCUT2D eigenvalue weighted by atomic mass is 9.79. The first-order chi connectivity index (χ1) is 11.8. The number of carbonyl (C=O) groups excluding carboxylic acids is 1. The van der Waals surface area contributed by atoms with E-state index in [0.717, 1.165) is 0 Å². The fourth-order valence-electron chi connectivity index (χ4n) is 2.71. The van der Waals surface area contributed by atoms with Crippen LogP contribution in [0.25, 0.3) is 0 Å². The molecule has 1 aliphatic rings. The van der Waals surface area contributed by atoms with E-state index in [1.807, 2.05) is 6.92 Å². The first-order valence-corrected chi connectivity index (χ1v) is 10.0. The molecule has 25 heavy (non-hydrogen) atoms. The van der Waals surface area contributed by atoms with Gasteiger partial charge in [-0.25, -0.2) is 13.1 Å². The second-order valence-corrected chi connectivity index (χ2v) is 8.22. The number of amides is 1. The van der Waals surface area contributed by atoms with Crippen molar-refractivity contribution >= 4 is 21.6 Å². The van der Waals surface area contributed by atoms with Crippen molar-refractivity contribution < 1.29 is 17.9 Å². The average molecular weight is 369 g/mol. The molecule has 1 atom stereocenters. The lowest BCUT2D eigenvalue weighted by Gasteiger charge is -2.34. The van der Waals surface area contributed by atoms with Crippen LogP contribution in [0.2, 0.25) is 0 Å². The molecule has 1 unspecified atom stereocenters. The molecule has 8 heteroatoms. The van der Waals surface area contributed by atoms with Crippen molar-refractivity contribution in [3.63, 3.8) is 0 Å². The molecule has 1 amide bonds. The Kier molecular flexibility index (Phi) is 6.56. The molecule has 0 bridgehead atoms.